The summed E-state index contributed by atoms with van der Waals surface area (Å²) in [6.45, 7) is 2.59. The van der Waals surface area contributed by atoms with Crippen molar-refractivity contribution in [2.24, 2.45) is 11.1 Å². The summed E-state index contributed by atoms with van der Waals surface area (Å²) in [6, 6.07) is 7.45. The molecule has 1 amide bonds. The molecular weight excluding hydrogens is 294 g/mol. The number of aromatic nitrogens is 3. The summed E-state index contributed by atoms with van der Waals surface area (Å²) in [5.41, 5.74) is 1.23. The number of oxime groups is 1. The van der Waals surface area contributed by atoms with Gasteiger partial charge in [-0.2, -0.15) is 15.0 Å². The summed E-state index contributed by atoms with van der Waals surface area (Å²) < 4.78 is 0. The summed E-state index contributed by atoms with van der Waals surface area (Å²) in [6.07, 6.45) is 6.46. The number of amides is 1. The average Bonchev–Trinajstić information content (AvgIpc) is 3.10. The van der Waals surface area contributed by atoms with Gasteiger partial charge in [0.2, 0.25) is 0 Å². The van der Waals surface area contributed by atoms with E-state index in [9.17, 15) is 4.79 Å². The van der Waals surface area contributed by atoms with Crippen LogP contribution in [-0.2, 0) is 0 Å². The van der Waals surface area contributed by atoms with Crippen molar-refractivity contribution in [1.82, 2.24) is 19.9 Å². The van der Waals surface area contributed by atoms with Crippen molar-refractivity contribution in [3.63, 3.8) is 0 Å². The lowest BCUT2D eigenvalue weighted by molar-refractivity contribution is 0.0604. The van der Waals surface area contributed by atoms with E-state index in [2.05, 4.69) is 15.4 Å². The van der Waals surface area contributed by atoms with Crippen LogP contribution in [0.15, 0.2) is 41.8 Å². The minimum Gasteiger partial charge on any atom is -0.411 e. The summed E-state index contributed by atoms with van der Waals surface area (Å²) in [7, 11) is 0. The molecule has 0 spiro atoms. The number of hydrogen-bond donors (Lipinski definition) is 1. The third-order valence-electron chi connectivity index (χ3n) is 4.23. The fourth-order valence-electron chi connectivity index (χ4n) is 2.96. The lowest BCUT2D eigenvalue weighted by Gasteiger charge is -2.37. The van der Waals surface area contributed by atoms with Gasteiger partial charge in [-0.1, -0.05) is 12.1 Å². The summed E-state index contributed by atoms with van der Waals surface area (Å²) in [4.78, 5) is 16.3. The zero-order valence-corrected chi connectivity index (χ0v) is 12.9. The number of hydrogen-bond acceptors (Lipinski definition) is 5. The van der Waals surface area contributed by atoms with Crippen molar-refractivity contribution < 1.29 is 10.0 Å². The molecule has 3 rings (SSSR count). The number of benzene rings is 1. The minimum absolute atomic E-state index is 0.0542. The lowest BCUT2D eigenvalue weighted by Crippen LogP contribution is -2.46. The van der Waals surface area contributed by atoms with Gasteiger partial charge in [0.1, 0.15) is 0 Å². The van der Waals surface area contributed by atoms with Crippen molar-refractivity contribution in [1.29, 1.82) is 0 Å². The van der Waals surface area contributed by atoms with Crippen molar-refractivity contribution in [2.75, 3.05) is 6.54 Å². The van der Waals surface area contributed by atoms with E-state index < -0.39 is 0 Å². The van der Waals surface area contributed by atoms with E-state index >= 15 is 0 Å². The van der Waals surface area contributed by atoms with Gasteiger partial charge < -0.3 is 10.1 Å². The number of para-hydroxylation sites is 1. The van der Waals surface area contributed by atoms with Crippen LogP contribution in [0.3, 0.4) is 0 Å². The summed E-state index contributed by atoms with van der Waals surface area (Å²) in [5, 5.41) is 20.1. The largest absolute Gasteiger partial charge is 0.411 e. The maximum atomic E-state index is 13.0. The molecule has 1 fully saturated rings. The highest BCUT2D eigenvalue weighted by Crippen LogP contribution is 2.24. The molecule has 1 saturated heterocycles. The number of likely N-dealkylation sites (tertiary alicyclic amines) is 1. The highest BCUT2D eigenvalue weighted by atomic mass is 16.4. The maximum Gasteiger partial charge on any atom is 0.256 e. The third-order valence-corrected chi connectivity index (χ3v) is 4.23. The molecule has 1 aliphatic rings. The maximum absolute atomic E-state index is 13.0. The standard InChI is InChI=1S/C16H19N5O2/c1-12-6-7-13(10-19-23)11-20(12)16(22)14-4-2-3-5-15(14)21-17-8-9-18-21/h2-5,8-10,12-13,23H,6-7,11H2,1H3. The molecule has 1 N–H and O–H groups in total. The molecule has 23 heavy (non-hydrogen) atoms. The molecule has 7 heteroatoms. The summed E-state index contributed by atoms with van der Waals surface area (Å²) >= 11 is 0. The Labute approximate surface area is 134 Å². The molecule has 0 aliphatic carbocycles. The molecule has 1 aliphatic heterocycles. The first-order valence-electron chi connectivity index (χ1n) is 7.65. The van der Waals surface area contributed by atoms with Crippen LogP contribution in [0.1, 0.15) is 30.1 Å². The van der Waals surface area contributed by atoms with Gasteiger partial charge in [0.05, 0.1) is 23.6 Å². The predicted molar refractivity (Wildman–Crippen MR) is 84.9 cm³/mol. The van der Waals surface area contributed by atoms with Gasteiger partial charge in [-0.05, 0) is 31.9 Å². The normalized spacial score (nSPS) is 21.7. The quantitative estimate of drug-likeness (QED) is 0.533. The van der Waals surface area contributed by atoms with Gasteiger partial charge in [0, 0.05) is 24.7 Å². The van der Waals surface area contributed by atoms with Crippen LogP contribution in [-0.4, -0.2) is 49.8 Å². The van der Waals surface area contributed by atoms with Gasteiger partial charge in [0.25, 0.3) is 5.91 Å². The van der Waals surface area contributed by atoms with Crippen LogP contribution in [0.25, 0.3) is 5.69 Å². The second-order valence-electron chi connectivity index (χ2n) is 5.74. The number of rotatable bonds is 3. The van der Waals surface area contributed by atoms with Crippen LogP contribution in [0.4, 0.5) is 0 Å². The van der Waals surface area contributed by atoms with E-state index in [-0.39, 0.29) is 17.9 Å². The molecule has 7 nitrogen and oxygen atoms in total. The van der Waals surface area contributed by atoms with E-state index in [4.69, 9.17) is 5.21 Å². The Morgan fingerprint density at radius 1 is 1.30 bits per heavy atom. The lowest BCUT2D eigenvalue weighted by atomic mass is 9.93. The van der Waals surface area contributed by atoms with Gasteiger partial charge in [-0.15, -0.1) is 5.16 Å². The van der Waals surface area contributed by atoms with Crippen LogP contribution < -0.4 is 0 Å². The molecule has 2 aromatic rings. The first kappa shape index (κ1) is 15.2. The highest BCUT2D eigenvalue weighted by Gasteiger charge is 2.30. The fourth-order valence-corrected chi connectivity index (χ4v) is 2.96. The summed E-state index contributed by atoms with van der Waals surface area (Å²) in [5.74, 6) is 0.0246. The minimum atomic E-state index is -0.0542. The second-order valence-corrected chi connectivity index (χ2v) is 5.74. The zero-order chi connectivity index (χ0) is 16.2. The molecule has 1 aromatic heterocycles. The molecule has 0 saturated carbocycles. The fraction of sp³-hybridized carbons (Fsp3) is 0.375. The second kappa shape index (κ2) is 6.60. The van der Waals surface area contributed by atoms with Crippen LogP contribution in [0, 0.1) is 5.92 Å². The van der Waals surface area contributed by atoms with E-state index in [1.54, 1.807) is 18.5 Å². The van der Waals surface area contributed by atoms with Gasteiger partial charge in [-0.25, -0.2) is 0 Å². The van der Waals surface area contributed by atoms with Gasteiger partial charge >= 0.3 is 0 Å². The topological polar surface area (TPSA) is 83.6 Å². The molecule has 2 unspecified atom stereocenters. The van der Waals surface area contributed by atoms with Crippen LogP contribution in [0.5, 0.6) is 0 Å². The van der Waals surface area contributed by atoms with Gasteiger partial charge in [-0.3, -0.25) is 4.79 Å². The first-order valence-corrected chi connectivity index (χ1v) is 7.65. The smallest absolute Gasteiger partial charge is 0.256 e. The molecule has 0 radical (unpaired) electrons. The van der Waals surface area contributed by atoms with Gasteiger partial charge in [0.15, 0.2) is 0 Å². The number of nitrogens with zero attached hydrogens (tertiary/aromatic N) is 5. The van der Waals surface area contributed by atoms with Crippen LogP contribution >= 0.6 is 0 Å². The number of carbonyl (C=O) groups excluding carboxylic acids is 1. The molecule has 120 valence electrons. The number of piperidine rings is 1. The van der Waals surface area contributed by atoms with Crippen molar-refractivity contribution in [2.45, 2.75) is 25.8 Å². The Hall–Kier alpha value is -2.70. The first-order chi connectivity index (χ1) is 11.2. The monoisotopic (exact) mass is 313 g/mol. The van der Waals surface area contributed by atoms with Crippen molar-refractivity contribution in [3.05, 3.63) is 42.2 Å². The number of carbonyl (C=O) groups is 1. The van der Waals surface area contributed by atoms with E-state index in [1.165, 1.54) is 11.0 Å². The SMILES string of the molecule is CC1CCC(C=NO)CN1C(=O)c1ccccc1-n1nccn1. The van der Waals surface area contributed by atoms with Crippen LogP contribution in [0.2, 0.25) is 0 Å². The van der Waals surface area contributed by atoms with E-state index in [1.807, 2.05) is 30.0 Å². The molecule has 0 bridgehead atoms. The molecule has 2 heterocycles. The van der Waals surface area contributed by atoms with E-state index in [0.29, 0.717) is 17.8 Å². The highest BCUT2D eigenvalue weighted by molar-refractivity contribution is 5.98. The Bertz CT molecular complexity index is 698. The zero-order valence-electron chi connectivity index (χ0n) is 12.9. The van der Waals surface area contributed by atoms with Crippen molar-refractivity contribution in [3.8, 4) is 5.69 Å². The predicted octanol–water partition coefficient (Wildman–Crippen LogP) is 1.97. The van der Waals surface area contributed by atoms with E-state index in [0.717, 1.165) is 12.8 Å². The molecular formula is C16H19N5O2. The average molecular weight is 313 g/mol. The Balaban J connectivity index is 1.91. The Kier molecular flexibility index (Phi) is 4.36. The Morgan fingerprint density at radius 3 is 2.78 bits per heavy atom. The molecule has 2 atom stereocenters. The third kappa shape index (κ3) is 3.08. The molecule has 1 aromatic carbocycles. The van der Waals surface area contributed by atoms with Crippen molar-refractivity contribution >= 4 is 12.1 Å². The Morgan fingerprint density at radius 2 is 2.04 bits per heavy atom.